The molecule has 1 N–H and O–H groups in total. The first kappa shape index (κ1) is 19.5. The molecule has 152 valence electrons. The molecule has 0 spiro atoms. The molecule has 0 saturated heterocycles. The predicted molar refractivity (Wildman–Crippen MR) is 113 cm³/mol. The second-order valence-corrected chi connectivity index (χ2v) is 7.83. The zero-order valence-corrected chi connectivity index (χ0v) is 17.1. The lowest BCUT2D eigenvalue weighted by Crippen LogP contribution is -2.27. The number of ether oxygens (including phenoxy) is 2. The molecule has 1 atom stereocenters. The van der Waals surface area contributed by atoms with Gasteiger partial charge in [0, 0.05) is 31.3 Å². The highest BCUT2D eigenvalue weighted by molar-refractivity contribution is 5.47. The molecule has 0 bridgehead atoms. The monoisotopic (exact) mass is 393 g/mol. The van der Waals surface area contributed by atoms with Crippen LogP contribution in [-0.4, -0.2) is 22.6 Å². The lowest BCUT2D eigenvalue weighted by atomic mass is 9.95. The fourth-order valence-corrected chi connectivity index (χ4v) is 3.73. The van der Waals surface area contributed by atoms with Crippen molar-refractivity contribution < 1.29 is 9.47 Å². The number of pyridine rings is 1. The highest BCUT2D eigenvalue weighted by atomic mass is 16.5. The summed E-state index contributed by atoms with van der Waals surface area (Å²) in [6.45, 7) is 8.17. The SMILES string of the molecule is Cc1cccn2c(=O)cc(CN[C@H](c3ccc4c(c3)OCCCO4)C(C)C)nc12. The van der Waals surface area contributed by atoms with E-state index in [9.17, 15) is 4.79 Å². The van der Waals surface area contributed by atoms with Crippen LogP contribution in [0.1, 0.15) is 43.1 Å². The van der Waals surface area contributed by atoms with Gasteiger partial charge in [0.1, 0.15) is 5.65 Å². The maximum absolute atomic E-state index is 12.5. The van der Waals surface area contributed by atoms with E-state index in [2.05, 4.69) is 31.3 Å². The Morgan fingerprint density at radius 1 is 1.14 bits per heavy atom. The number of aromatic nitrogens is 2. The minimum atomic E-state index is -0.0628. The number of nitrogens with one attached hydrogen (secondary N) is 1. The van der Waals surface area contributed by atoms with Gasteiger partial charge in [-0.2, -0.15) is 0 Å². The van der Waals surface area contributed by atoms with E-state index >= 15 is 0 Å². The molecular weight excluding hydrogens is 366 g/mol. The summed E-state index contributed by atoms with van der Waals surface area (Å²) in [5.41, 5.74) is 3.50. The van der Waals surface area contributed by atoms with Crippen molar-refractivity contribution in [2.75, 3.05) is 13.2 Å². The van der Waals surface area contributed by atoms with Gasteiger partial charge in [0.05, 0.1) is 18.9 Å². The highest BCUT2D eigenvalue weighted by Gasteiger charge is 2.19. The fourth-order valence-electron chi connectivity index (χ4n) is 3.73. The zero-order chi connectivity index (χ0) is 20.4. The van der Waals surface area contributed by atoms with Crippen molar-refractivity contribution in [1.82, 2.24) is 14.7 Å². The van der Waals surface area contributed by atoms with Crippen molar-refractivity contribution in [2.24, 2.45) is 5.92 Å². The molecule has 0 amide bonds. The molecule has 0 radical (unpaired) electrons. The van der Waals surface area contributed by atoms with Crippen LogP contribution in [0.4, 0.5) is 0 Å². The van der Waals surface area contributed by atoms with E-state index in [0.717, 1.165) is 34.7 Å². The van der Waals surface area contributed by atoms with Gasteiger partial charge >= 0.3 is 0 Å². The lowest BCUT2D eigenvalue weighted by molar-refractivity contribution is 0.296. The molecule has 0 aliphatic carbocycles. The third kappa shape index (κ3) is 4.12. The van der Waals surface area contributed by atoms with Crippen molar-refractivity contribution in [3.8, 4) is 11.5 Å². The molecule has 0 unspecified atom stereocenters. The number of hydrogen-bond acceptors (Lipinski definition) is 5. The Kier molecular flexibility index (Phi) is 5.53. The van der Waals surface area contributed by atoms with E-state index in [-0.39, 0.29) is 11.6 Å². The first-order chi connectivity index (χ1) is 14.0. The molecule has 0 saturated carbocycles. The van der Waals surface area contributed by atoms with Gasteiger partial charge in [-0.1, -0.05) is 26.0 Å². The molecular formula is C23H27N3O3. The maximum Gasteiger partial charge on any atom is 0.258 e. The first-order valence-electron chi connectivity index (χ1n) is 10.1. The van der Waals surface area contributed by atoms with Crippen LogP contribution in [0.5, 0.6) is 11.5 Å². The summed E-state index contributed by atoms with van der Waals surface area (Å²) in [5.74, 6) is 1.95. The van der Waals surface area contributed by atoms with E-state index in [1.807, 2.05) is 25.1 Å². The molecule has 6 heteroatoms. The molecule has 29 heavy (non-hydrogen) atoms. The summed E-state index contributed by atoms with van der Waals surface area (Å²) in [4.78, 5) is 17.2. The average Bonchev–Trinajstić information content (AvgIpc) is 2.94. The van der Waals surface area contributed by atoms with Crippen LogP contribution >= 0.6 is 0 Å². The Labute approximate surface area is 170 Å². The Balaban J connectivity index is 1.58. The van der Waals surface area contributed by atoms with Crippen LogP contribution in [0.3, 0.4) is 0 Å². The van der Waals surface area contributed by atoms with Crippen molar-refractivity contribution in [1.29, 1.82) is 0 Å². The van der Waals surface area contributed by atoms with Gasteiger partial charge in [0.25, 0.3) is 5.56 Å². The topological polar surface area (TPSA) is 64.9 Å². The van der Waals surface area contributed by atoms with Gasteiger partial charge in [0.15, 0.2) is 11.5 Å². The van der Waals surface area contributed by atoms with Gasteiger partial charge in [-0.15, -0.1) is 0 Å². The van der Waals surface area contributed by atoms with E-state index in [1.54, 1.807) is 16.7 Å². The predicted octanol–water partition coefficient (Wildman–Crippen LogP) is 3.65. The van der Waals surface area contributed by atoms with Crippen LogP contribution < -0.4 is 20.3 Å². The van der Waals surface area contributed by atoms with Gasteiger partial charge < -0.3 is 14.8 Å². The zero-order valence-electron chi connectivity index (χ0n) is 17.1. The van der Waals surface area contributed by atoms with Crippen LogP contribution in [0, 0.1) is 12.8 Å². The minimum Gasteiger partial charge on any atom is -0.490 e. The van der Waals surface area contributed by atoms with Crippen molar-refractivity contribution in [3.05, 3.63) is 69.8 Å². The Morgan fingerprint density at radius 2 is 1.93 bits per heavy atom. The summed E-state index contributed by atoms with van der Waals surface area (Å²) < 4.78 is 13.2. The quantitative estimate of drug-likeness (QED) is 0.717. The number of nitrogens with zero attached hydrogens (tertiary/aromatic N) is 2. The fraction of sp³-hybridized carbons (Fsp3) is 0.391. The van der Waals surface area contributed by atoms with Gasteiger partial charge in [0.2, 0.25) is 0 Å². The van der Waals surface area contributed by atoms with E-state index < -0.39 is 0 Å². The Hall–Kier alpha value is -2.86. The number of benzene rings is 1. The molecule has 4 rings (SSSR count). The molecule has 0 fully saturated rings. The van der Waals surface area contributed by atoms with E-state index in [0.29, 0.717) is 31.3 Å². The largest absolute Gasteiger partial charge is 0.490 e. The third-order valence-electron chi connectivity index (χ3n) is 5.24. The summed E-state index contributed by atoms with van der Waals surface area (Å²) in [6.07, 6.45) is 2.64. The molecule has 6 nitrogen and oxygen atoms in total. The molecule has 3 aromatic rings. The molecule has 1 aliphatic rings. The lowest BCUT2D eigenvalue weighted by Gasteiger charge is -2.24. The number of rotatable bonds is 5. The van der Waals surface area contributed by atoms with Crippen LogP contribution in [0.2, 0.25) is 0 Å². The molecule has 1 aromatic carbocycles. The van der Waals surface area contributed by atoms with Crippen molar-refractivity contribution in [2.45, 2.75) is 39.8 Å². The van der Waals surface area contributed by atoms with Gasteiger partial charge in [-0.05, 0) is 42.2 Å². The number of hydrogen-bond donors (Lipinski definition) is 1. The van der Waals surface area contributed by atoms with Crippen LogP contribution in [-0.2, 0) is 6.54 Å². The average molecular weight is 393 g/mol. The highest BCUT2D eigenvalue weighted by Crippen LogP contribution is 2.34. The van der Waals surface area contributed by atoms with E-state index in [4.69, 9.17) is 14.5 Å². The first-order valence-corrected chi connectivity index (χ1v) is 10.1. The number of aryl methyl sites for hydroxylation is 1. The molecule has 3 heterocycles. The Bertz CT molecular complexity index is 1070. The van der Waals surface area contributed by atoms with Crippen LogP contribution in [0.25, 0.3) is 5.65 Å². The maximum atomic E-state index is 12.5. The minimum absolute atomic E-state index is 0.0628. The summed E-state index contributed by atoms with van der Waals surface area (Å²) >= 11 is 0. The van der Waals surface area contributed by atoms with E-state index in [1.165, 1.54) is 0 Å². The smallest absolute Gasteiger partial charge is 0.258 e. The Morgan fingerprint density at radius 3 is 2.72 bits per heavy atom. The second-order valence-electron chi connectivity index (χ2n) is 7.83. The standard InChI is InChI=1S/C23H27N3O3/c1-15(2)22(17-7-8-19-20(12-17)29-11-5-10-28-19)24-14-18-13-21(27)26-9-4-6-16(3)23(26)25-18/h4,6-9,12-13,15,22,24H,5,10-11,14H2,1-3H3/t22-/m0/s1. The van der Waals surface area contributed by atoms with Crippen LogP contribution in [0.15, 0.2) is 47.4 Å². The van der Waals surface area contributed by atoms with Gasteiger partial charge in [-0.25, -0.2) is 4.98 Å². The third-order valence-corrected chi connectivity index (χ3v) is 5.24. The summed E-state index contributed by atoms with van der Waals surface area (Å²) in [5, 5.41) is 3.58. The van der Waals surface area contributed by atoms with Gasteiger partial charge in [-0.3, -0.25) is 9.20 Å². The molecule has 2 aromatic heterocycles. The second kappa shape index (κ2) is 8.25. The number of fused-ring (bicyclic) bond motifs is 2. The van der Waals surface area contributed by atoms with Crippen molar-refractivity contribution >= 4 is 5.65 Å². The van der Waals surface area contributed by atoms with Crippen molar-refractivity contribution in [3.63, 3.8) is 0 Å². The normalized spacial score (nSPS) is 14.8. The summed E-state index contributed by atoms with van der Waals surface area (Å²) in [7, 11) is 0. The molecule has 1 aliphatic heterocycles. The summed E-state index contributed by atoms with van der Waals surface area (Å²) in [6, 6.07) is 11.7.